The summed E-state index contributed by atoms with van der Waals surface area (Å²) in [5.74, 6) is -4.04. The van der Waals surface area contributed by atoms with Crippen molar-refractivity contribution < 1.29 is 33.4 Å². The molecule has 0 N–H and O–H groups in total. The van der Waals surface area contributed by atoms with Crippen molar-refractivity contribution in [1.82, 2.24) is 4.90 Å². The standard InChI is InChI=1S/C39H32BrNO7/c1-2-3-12-30(39(46)47-21-31(42)22-15-19-25(20-16-22)48-38(45)23-13-17-24(40)18-14-23)41-36(43)34-32-26-8-4-5-9-27(26)33(35(34)37(41)44)29-11-7-6-10-28(29)32/h4-11,13-20,30,32-35H,2-3,12,21H2,1H3. The van der Waals surface area contributed by atoms with Crippen LogP contribution in [0.2, 0.25) is 0 Å². The SMILES string of the molecule is CCCCC(C(=O)OCC(=O)c1ccc(OC(=O)c2ccc(Br)cc2)cc1)N1C(=O)C2C3c4ccccc4C(c4ccccc43)C2C1=O. The van der Waals surface area contributed by atoms with Gasteiger partial charge in [0.15, 0.2) is 12.4 Å². The molecule has 4 aromatic carbocycles. The van der Waals surface area contributed by atoms with Crippen LogP contribution in [0.15, 0.2) is 102 Å². The second-order valence-corrected chi connectivity index (χ2v) is 13.3. The molecule has 1 saturated heterocycles. The summed E-state index contributed by atoms with van der Waals surface area (Å²) in [7, 11) is 0. The van der Waals surface area contributed by atoms with E-state index in [-0.39, 0.29) is 41.4 Å². The van der Waals surface area contributed by atoms with E-state index in [2.05, 4.69) is 15.9 Å². The molecule has 3 aliphatic carbocycles. The van der Waals surface area contributed by atoms with Crippen LogP contribution in [0.3, 0.4) is 0 Å². The van der Waals surface area contributed by atoms with Gasteiger partial charge in [-0.25, -0.2) is 9.59 Å². The molecule has 3 atom stereocenters. The van der Waals surface area contributed by atoms with E-state index >= 15 is 0 Å². The smallest absolute Gasteiger partial charge is 0.343 e. The largest absolute Gasteiger partial charge is 0.456 e. The summed E-state index contributed by atoms with van der Waals surface area (Å²) in [6.07, 6.45) is 1.58. The highest BCUT2D eigenvalue weighted by molar-refractivity contribution is 9.10. The second kappa shape index (κ2) is 13.0. The summed E-state index contributed by atoms with van der Waals surface area (Å²) in [4.78, 5) is 68.7. The van der Waals surface area contributed by atoms with Crippen molar-refractivity contribution in [2.45, 2.75) is 44.1 Å². The van der Waals surface area contributed by atoms with Gasteiger partial charge in [0, 0.05) is 21.9 Å². The Labute approximate surface area is 286 Å². The van der Waals surface area contributed by atoms with Crippen molar-refractivity contribution in [2.24, 2.45) is 11.8 Å². The van der Waals surface area contributed by atoms with Crippen LogP contribution in [-0.4, -0.2) is 47.1 Å². The van der Waals surface area contributed by atoms with Gasteiger partial charge in [-0.1, -0.05) is 84.2 Å². The number of likely N-dealkylation sites (tertiary alicyclic amines) is 1. The normalized spacial score (nSPS) is 20.8. The van der Waals surface area contributed by atoms with Gasteiger partial charge in [0.1, 0.15) is 11.8 Å². The van der Waals surface area contributed by atoms with Gasteiger partial charge in [-0.05, 0) is 77.2 Å². The third-order valence-corrected chi connectivity index (χ3v) is 10.2. The number of nitrogens with zero attached hydrogens (tertiary/aromatic N) is 1. The Morgan fingerprint density at radius 1 is 0.729 bits per heavy atom. The zero-order chi connectivity index (χ0) is 33.5. The Hall–Kier alpha value is -4.89. The number of ketones is 1. The average molecular weight is 707 g/mol. The van der Waals surface area contributed by atoms with Gasteiger partial charge in [-0.2, -0.15) is 0 Å². The first-order chi connectivity index (χ1) is 23.3. The van der Waals surface area contributed by atoms with Crippen LogP contribution < -0.4 is 4.74 Å². The van der Waals surface area contributed by atoms with Crippen LogP contribution in [0, 0.1) is 11.8 Å². The van der Waals surface area contributed by atoms with Crippen LogP contribution in [0.5, 0.6) is 5.75 Å². The Balaban J connectivity index is 1.06. The molecule has 2 bridgehead atoms. The second-order valence-electron chi connectivity index (χ2n) is 12.4. The molecule has 3 unspecified atom stereocenters. The van der Waals surface area contributed by atoms with E-state index in [0.29, 0.717) is 12.0 Å². The number of esters is 2. The topological polar surface area (TPSA) is 107 Å². The van der Waals surface area contributed by atoms with Crippen molar-refractivity contribution in [3.05, 3.63) is 135 Å². The summed E-state index contributed by atoms with van der Waals surface area (Å²) < 4.78 is 11.7. The van der Waals surface area contributed by atoms with Gasteiger partial charge >= 0.3 is 11.9 Å². The molecule has 4 aromatic rings. The third-order valence-electron chi connectivity index (χ3n) is 9.71. The average Bonchev–Trinajstić information content (AvgIpc) is 3.37. The fourth-order valence-electron chi connectivity index (χ4n) is 7.53. The lowest BCUT2D eigenvalue weighted by Gasteiger charge is -2.45. The summed E-state index contributed by atoms with van der Waals surface area (Å²) >= 11 is 3.33. The van der Waals surface area contributed by atoms with Crippen LogP contribution in [0.1, 0.15) is 81.0 Å². The number of Topliss-reactive ketones (excluding diaryl/α,β-unsaturated/α-hetero) is 1. The van der Waals surface area contributed by atoms with Gasteiger partial charge in [-0.15, -0.1) is 0 Å². The molecule has 1 heterocycles. The molecular weight excluding hydrogens is 674 g/mol. The fourth-order valence-corrected chi connectivity index (χ4v) is 7.80. The van der Waals surface area contributed by atoms with Gasteiger partial charge in [0.2, 0.25) is 11.8 Å². The molecule has 2 amide bonds. The van der Waals surface area contributed by atoms with Crippen LogP contribution >= 0.6 is 15.9 Å². The molecule has 0 saturated carbocycles. The summed E-state index contributed by atoms with van der Waals surface area (Å²) in [5, 5.41) is 0. The Morgan fingerprint density at radius 2 is 1.23 bits per heavy atom. The molecule has 8 nitrogen and oxygen atoms in total. The van der Waals surface area contributed by atoms with Crippen molar-refractivity contribution in [3.8, 4) is 5.75 Å². The number of ether oxygens (including phenoxy) is 2. The van der Waals surface area contributed by atoms with E-state index in [9.17, 15) is 24.0 Å². The number of carbonyl (C=O) groups is 5. The molecule has 8 rings (SSSR count). The zero-order valence-electron chi connectivity index (χ0n) is 26.1. The maximum atomic E-state index is 14.2. The van der Waals surface area contributed by atoms with Gasteiger partial charge in [0.25, 0.3) is 0 Å². The molecule has 242 valence electrons. The highest BCUT2D eigenvalue weighted by atomic mass is 79.9. The number of hydrogen-bond acceptors (Lipinski definition) is 7. The summed E-state index contributed by atoms with van der Waals surface area (Å²) in [6, 6.07) is 27.5. The predicted molar refractivity (Wildman–Crippen MR) is 180 cm³/mol. The minimum atomic E-state index is -1.13. The number of rotatable bonds is 10. The molecular formula is C39H32BrNO7. The van der Waals surface area contributed by atoms with E-state index in [0.717, 1.165) is 38.0 Å². The summed E-state index contributed by atoms with van der Waals surface area (Å²) in [5.41, 5.74) is 4.84. The van der Waals surface area contributed by atoms with E-state index in [1.807, 2.05) is 55.5 Å². The van der Waals surface area contributed by atoms with E-state index in [4.69, 9.17) is 9.47 Å². The van der Waals surface area contributed by atoms with Gasteiger partial charge < -0.3 is 9.47 Å². The molecule has 1 fully saturated rings. The third kappa shape index (κ3) is 5.46. The predicted octanol–water partition coefficient (Wildman–Crippen LogP) is 6.85. The number of hydrogen-bond donors (Lipinski definition) is 0. The Kier molecular flexibility index (Phi) is 8.56. The van der Waals surface area contributed by atoms with Gasteiger partial charge in [-0.3, -0.25) is 19.3 Å². The Morgan fingerprint density at radius 3 is 1.73 bits per heavy atom. The number of carbonyl (C=O) groups excluding carboxylic acids is 5. The van der Waals surface area contributed by atoms with Crippen molar-refractivity contribution in [2.75, 3.05) is 6.61 Å². The highest BCUT2D eigenvalue weighted by Crippen LogP contribution is 2.61. The first-order valence-corrected chi connectivity index (χ1v) is 16.9. The van der Waals surface area contributed by atoms with E-state index in [1.54, 1.807) is 24.3 Å². The van der Waals surface area contributed by atoms with Crippen LogP contribution in [0.25, 0.3) is 0 Å². The van der Waals surface area contributed by atoms with Crippen molar-refractivity contribution >= 4 is 45.5 Å². The highest BCUT2D eigenvalue weighted by Gasteiger charge is 2.63. The minimum Gasteiger partial charge on any atom is -0.456 e. The van der Waals surface area contributed by atoms with Crippen LogP contribution in [-0.2, 0) is 19.1 Å². The lowest BCUT2D eigenvalue weighted by Crippen LogP contribution is -2.46. The van der Waals surface area contributed by atoms with Gasteiger partial charge in [0.05, 0.1) is 17.4 Å². The molecule has 9 heteroatoms. The first-order valence-electron chi connectivity index (χ1n) is 16.1. The van der Waals surface area contributed by atoms with E-state index < -0.39 is 42.2 Å². The number of unbranched alkanes of at least 4 members (excludes halogenated alkanes) is 1. The molecule has 0 aromatic heterocycles. The maximum absolute atomic E-state index is 14.2. The lowest BCUT2D eigenvalue weighted by molar-refractivity contribution is -0.158. The molecule has 0 radical (unpaired) electrons. The first kappa shape index (κ1) is 31.7. The minimum absolute atomic E-state index is 0.244. The van der Waals surface area contributed by atoms with Crippen molar-refractivity contribution in [3.63, 3.8) is 0 Å². The number of amides is 2. The van der Waals surface area contributed by atoms with Crippen LogP contribution in [0.4, 0.5) is 0 Å². The summed E-state index contributed by atoms with van der Waals surface area (Å²) in [6.45, 7) is 1.40. The molecule has 48 heavy (non-hydrogen) atoms. The monoisotopic (exact) mass is 705 g/mol. The lowest BCUT2D eigenvalue weighted by atomic mass is 9.55. The number of imide groups is 1. The van der Waals surface area contributed by atoms with Crippen molar-refractivity contribution in [1.29, 1.82) is 0 Å². The quantitative estimate of drug-likeness (QED) is 0.0769. The fraction of sp³-hybridized carbons (Fsp3) is 0.256. The number of benzene rings is 4. The maximum Gasteiger partial charge on any atom is 0.343 e. The molecule has 1 aliphatic heterocycles. The molecule has 0 spiro atoms. The van der Waals surface area contributed by atoms with E-state index in [1.165, 1.54) is 24.3 Å². The number of halogens is 1. The Bertz CT molecular complexity index is 1820. The molecule has 4 aliphatic rings. The zero-order valence-corrected chi connectivity index (χ0v) is 27.7.